The van der Waals surface area contributed by atoms with Gasteiger partial charge in [-0.1, -0.05) is 51.3 Å². The molecule has 0 atom stereocenters. The molecule has 1 aromatic carbocycles. The van der Waals surface area contributed by atoms with Crippen molar-refractivity contribution in [3.8, 4) is 0 Å². The van der Waals surface area contributed by atoms with Crippen molar-refractivity contribution in [2.75, 3.05) is 11.9 Å². The Kier molecular flexibility index (Phi) is 5.42. The Hall–Kier alpha value is -1.88. The second kappa shape index (κ2) is 7.56. The van der Waals surface area contributed by atoms with Gasteiger partial charge in [-0.25, -0.2) is 0 Å². The van der Waals surface area contributed by atoms with Crippen LogP contribution in [0.1, 0.15) is 51.5 Å². The maximum atomic E-state index is 5.34. The summed E-state index contributed by atoms with van der Waals surface area (Å²) < 4.78 is 0. The van der Waals surface area contributed by atoms with Gasteiger partial charge in [0, 0.05) is 36.1 Å². The Bertz CT molecular complexity index is 687. The van der Waals surface area contributed by atoms with Gasteiger partial charge in [-0.15, -0.1) is 0 Å². The SMILES string of the molecule is CN1/C(=C\C=N/NC(=S)NC2CCCCC2)C(C)(C)c2ccccc21. The van der Waals surface area contributed by atoms with Crippen molar-refractivity contribution in [1.29, 1.82) is 0 Å². The van der Waals surface area contributed by atoms with E-state index in [9.17, 15) is 0 Å². The summed E-state index contributed by atoms with van der Waals surface area (Å²) in [6, 6.07) is 9.04. The van der Waals surface area contributed by atoms with Crippen LogP contribution < -0.4 is 15.6 Å². The van der Waals surface area contributed by atoms with E-state index in [0.29, 0.717) is 11.2 Å². The van der Waals surface area contributed by atoms with Gasteiger partial charge < -0.3 is 10.2 Å². The molecule has 1 heterocycles. The lowest BCUT2D eigenvalue weighted by Crippen LogP contribution is -2.40. The Balaban J connectivity index is 1.60. The molecule has 2 N–H and O–H groups in total. The molecule has 0 spiro atoms. The number of para-hydroxylation sites is 1. The fourth-order valence-corrected chi connectivity index (χ4v) is 4.19. The van der Waals surface area contributed by atoms with E-state index in [4.69, 9.17) is 12.2 Å². The van der Waals surface area contributed by atoms with Gasteiger partial charge in [0.1, 0.15) is 0 Å². The highest BCUT2D eigenvalue weighted by Gasteiger charge is 2.37. The van der Waals surface area contributed by atoms with E-state index in [1.807, 2.05) is 0 Å². The minimum atomic E-state index is -0.0295. The first-order valence-electron chi connectivity index (χ1n) is 9.13. The zero-order chi connectivity index (χ0) is 17.9. The van der Waals surface area contributed by atoms with Gasteiger partial charge in [0.2, 0.25) is 0 Å². The molecule has 0 aromatic heterocycles. The molecule has 4 nitrogen and oxygen atoms in total. The number of nitrogens with zero attached hydrogens (tertiary/aromatic N) is 2. The summed E-state index contributed by atoms with van der Waals surface area (Å²) in [5.41, 5.74) is 6.75. The molecule has 5 heteroatoms. The van der Waals surface area contributed by atoms with Crippen molar-refractivity contribution in [2.45, 2.75) is 57.4 Å². The van der Waals surface area contributed by atoms with Crippen LogP contribution in [0.3, 0.4) is 0 Å². The first-order chi connectivity index (χ1) is 12.0. The monoisotopic (exact) mass is 356 g/mol. The number of hydrogen-bond acceptors (Lipinski definition) is 3. The molecule has 2 aliphatic rings. The molecule has 0 bridgehead atoms. The van der Waals surface area contributed by atoms with Gasteiger partial charge in [-0.3, -0.25) is 5.43 Å². The van der Waals surface area contributed by atoms with Crippen LogP contribution in [0.25, 0.3) is 0 Å². The molecule has 0 saturated heterocycles. The van der Waals surface area contributed by atoms with Gasteiger partial charge in [0.05, 0.1) is 0 Å². The van der Waals surface area contributed by atoms with Gasteiger partial charge in [0.25, 0.3) is 0 Å². The minimum Gasteiger partial charge on any atom is -0.359 e. The van der Waals surface area contributed by atoms with E-state index in [1.54, 1.807) is 6.21 Å². The van der Waals surface area contributed by atoms with Gasteiger partial charge in [-0.05, 0) is 42.8 Å². The molecular formula is C20H28N4S. The van der Waals surface area contributed by atoms with Crippen LogP contribution in [0.15, 0.2) is 41.1 Å². The zero-order valence-corrected chi connectivity index (χ0v) is 16.2. The number of nitrogens with one attached hydrogen (secondary N) is 2. The topological polar surface area (TPSA) is 39.7 Å². The zero-order valence-electron chi connectivity index (χ0n) is 15.4. The van der Waals surface area contributed by atoms with Crippen molar-refractivity contribution in [3.63, 3.8) is 0 Å². The Morgan fingerprint density at radius 3 is 2.68 bits per heavy atom. The molecule has 25 heavy (non-hydrogen) atoms. The molecule has 1 aromatic rings. The fourth-order valence-electron chi connectivity index (χ4n) is 3.97. The smallest absolute Gasteiger partial charge is 0.187 e. The molecular weight excluding hydrogens is 328 g/mol. The van der Waals surface area contributed by atoms with Crippen LogP contribution in [-0.4, -0.2) is 24.4 Å². The summed E-state index contributed by atoms with van der Waals surface area (Å²) in [4.78, 5) is 2.24. The number of hydrogen-bond donors (Lipinski definition) is 2. The largest absolute Gasteiger partial charge is 0.359 e. The van der Waals surface area contributed by atoms with Crippen LogP contribution in [-0.2, 0) is 5.41 Å². The first kappa shape index (κ1) is 17.9. The van der Waals surface area contributed by atoms with E-state index >= 15 is 0 Å². The fraction of sp³-hybridized carbons (Fsp3) is 0.500. The standard InChI is InChI=1S/C20H28N4S/c1-20(2)16-11-7-8-12-17(16)24(3)18(20)13-14-21-23-19(25)22-15-9-5-4-6-10-15/h7-8,11-15H,4-6,9-10H2,1-3H3,(H2,22,23,25)/b18-13-,21-14-. The van der Waals surface area contributed by atoms with Crippen LogP contribution in [0, 0.1) is 0 Å². The summed E-state index contributed by atoms with van der Waals surface area (Å²) in [6.45, 7) is 4.50. The van der Waals surface area contributed by atoms with Crippen molar-refractivity contribution in [2.24, 2.45) is 5.10 Å². The number of hydrazone groups is 1. The van der Waals surface area contributed by atoms with Crippen molar-refractivity contribution in [3.05, 3.63) is 41.6 Å². The quantitative estimate of drug-likeness (QED) is 0.486. The molecule has 0 unspecified atom stereocenters. The molecule has 1 aliphatic carbocycles. The molecule has 1 fully saturated rings. The number of fused-ring (bicyclic) bond motifs is 1. The summed E-state index contributed by atoms with van der Waals surface area (Å²) in [5.74, 6) is 0. The lowest BCUT2D eigenvalue weighted by molar-refractivity contribution is 0.412. The third-order valence-corrected chi connectivity index (χ3v) is 5.56. The highest BCUT2D eigenvalue weighted by atomic mass is 32.1. The number of likely N-dealkylation sites (N-methyl/N-ethyl adjacent to an activating group) is 1. The number of rotatable bonds is 3. The van der Waals surface area contributed by atoms with E-state index in [2.05, 4.69) is 72.0 Å². The Morgan fingerprint density at radius 1 is 1.24 bits per heavy atom. The maximum absolute atomic E-state index is 5.34. The predicted octanol–water partition coefficient (Wildman–Crippen LogP) is 4.08. The summed E-state index contributed by atoms with van der Waals surface area (Å²) in [7, 11) is 2.11. The number of thiocarbonyl (C=S) groups is 1. The van der Waals surface area contributed by atoms with E-state index < -0.39 is 0 Å². The third-order valence-electron chi connectivity index (χ3n) is 5.35. The summed E-state index contributed by atoms with van der Waals surface area (Å²) in [5, 5.41) is 8.26. The van der Waals surface area contributed by atoms with E-state index in [0.717, 1.165) is 0 Å². The molecule has 0 amide bonds. The van der Waals surface area contributed by atoms with Crippen LogP contribution in [0.4, 0.5) is 5.69 Å². The third kappa shape index (κ3) is 3.87. The van der Waals surface area contributed by atoms with Gasteiger partial charge >= 0.3 is 0 Å². The average molecular weight is 357 g/mol. The molecule has 1 aliphatic heterocycles. The molecule has 0 radical (unpaired) electrons. The highest BCUT2D eigenvalue weighted by Crippen LogP contribution is 2.46. The van der Waals surface area contributed by atoms with Crippen LogP contribution >= 0.6 is 12.2 Å². The summed E-state index contributed by atoms with van der Waals surface area (Å²) >= 11 is 5.34. The Morgan fingerprint density at radius 2 is 1.96 bits per heavy atom. The van der Waals surface area contributed by atoms with Gasteiger partial charge in [-0.2, -0.15) is 5.10 Å². The minimum absolute atomic E-state index is 0.0295. The summed E-state index contributed by atoms with van der Waals surface area (Å²) in [6.07, 6.45) is 10.2. The lowest BCUT2D eigenvalue weighted by atomic mass is 9.84. The van der Waals surface area contributed by atoms with Crippen molar-refractivity contribution >= 4 is 29.2 Å². The number of anilines is 1. The highest BCUT2D eigenvalue weighted by molar-refractivity contribution is 7.80. The first-order valence-corrected chi connectivity index (χ1v) is 9.54. The van der Waals surface area contributed by atoms with Crippen LogP contribution in [0.5, 0.6) is 0 Å². The van der Waals surface area contributed by atoms with Gasteiger partial charge in [0.15, 0.2) is 5.11 Å². The normalized spacial score (nSPS) is 21.6. The second-order valence-corrected chi connectivity index (χ2v) is 7.86. The van der Waals surface area contributed by atoms with Crippen molar-refractivity contribution in [1.82, 2.24) is 10.7 Å². The van der Waals surface area contributed by atoms with E-state index in [1.165, 1.54) is 49.1 Å². The predicted molar refractivity (Wildman–Crippen MR) is 110 cm³/mol. The Labute approximate surface area is 156 Å². The van der Waals surface area contributed by atoms with E-state index in [-0.39, 0.29) is 5.41 Å². The number of allylic oxidation sites excluding steroid dienone is 2. The lowest BCUT2D eigenvalue weighted by Gasteiger charge is -2.24. The number of benzene rings is 1. The van der Waals surface area contributed by atoms with Crippen LogP contribution in [0.2, 0.25) is 0 Å². The average Bonchev–Trinajstić information content (AvgIpc) is 2.80. The molecule has 1 saturated carbocycles. The maximum Gasteiger partial charge on any atom is 0.187 e. The van der Waals surface area contributed by atoms with Crippen molar-refractivity contribution < 1.29 is 0 Å². The second-order valence-electron chi connectivity index (χ2n) is 7.45. The molecule has 134 valence electrons. The molecule has 3 rings (SSSR count).